The normalized spacial score (nSPS) is 10.2. The number of thioether (sulfide) groups is 1. The Morgan fingerprint density at radius 3 is 2.35 bits per heavy atom. The summed E-state index contributed by atoms with van der Waals surface area (Å²) in [6.45, 7) is 2.66. The average Bonchev–Trinajstić information content (AvgIpc) is 2.82. The summed E-state index contributed by atoms with van der Waals surface area (Å²) in [6, 6.07) is 21.6. The van der Waals surface area contributed by atoms with Crippen LogP contribution in [0.1, 0.15) is 23.6 Å². The van der Waals surface area contributed by atoms with Crippen LogP contribution in [0.5, 0.6) is 5.75 Å². The molecule has 0 saturated carbocycles. The predicted molar refractivity (Wildman–Crippen MR) is 122 cm³/mol. The first-order valence-electron chi connectivity index (χ1n) is 9.84. The zero-order valence-electron chi connectivity index (χ0n) is 17.1. The number of hydrogen-bond acceptors (Lipinski definition) is 7. The highest BCUT2D eigenvalue weighted by Gasteiger charge is 2.21. The highest BCUT2D eigenvalue weighted by Crippen LogP contribution is 2.38. The summed E-state index contributed by atoms with van der Waals surface area (Å²) in [7, 11) is 0. The fourth-order valence-electron chi connectivity index (χ4n) is 3.07. The van der Waals surface area contributed by atoms with Crippen molar-refractivity contribution in [3.05, 3.63) is 71.3 Å². The number of aromatic nitrogens is 1. The first-order chi connectivity index (χ1) is 15.2. The van der Waals surface area contributed by atoms with Crippen LogP contribution in [0.15, 0.2) is 59.6 Å². The van der Waals surface area contributed by atoms with Crippen molar-refractivity contribution in [2.45, 2.75) is 17.7 Å². The Labute approximate surface area is 186 Å². The molecular weight excluding hydrogens is 408 g/mol. The molecule has 6 nitrogen and oxygen atoms in total. The number of nitriles is 2. The van der Waals surface area contributed by atoms with Gasteiger partial charge in [-0.2, -0.15) is 10.5 Å². The number of aliphatic hydroxyl groups is 1. The second kappa shape index (κ2) is 11.0. The number of benzene rings is 2. The summed E-state index contributed by atoms with van der Waals surface area (Å²) in [4.78, 5) is 4.62. The van der Waals surface area contributed by atoms with Crippen LogP contribution in [0.25, 0.3) is 11.1 Å². The fraction of sp³-hybridized carbons (Fsp3) is 0.208. The van der Waals surface area contributed by atoms with Crippen LogP contribution in [0.4, 0.5) is 5.82 Å². The minimum Gasteiger partial charge on any atom is -0.491 e. The Hall–Kier alpha value is -3.52. The molecule has 0 saturated heterocycles. The average molecular weight is 431 g/mol. The molecule has 0 aliphatic heterocycles. The molecule has 156 valence electrons. The van der Waals surface area contributed by atoms with Gasteiger partial charge in [0.2, 0.25) is 0 Å². The SMILES string of the molecule is CCNc1nc(SCc2ccccc2)c(C#N)c(-c2ccc(OCCO)cc2)c1C#N. The van der Waals surface area contributed by atoms with E-state index in [1.165, 1.54) is 11.8 Å². The Bertz CT molecular complexity index is 1100. The van der Waals surface area contributed by atoms with Crippen molar-refractivity contribution in [3.63, 3.8) is 0 Å². The number of aliphatic hydroxyl groups excluding tert-OH is 1. The van der Waals surface area contributed by atoms with Crippen LogP contribution in [-0.4, -0.2) is 29.8 Å². The van der Waals surface area contributed by atoms with Crippen LogP contribution >= 0.6 is 11.8 Å². The number of ether oxygens (including phenoxy) is 1. The molecule has 0 aliphatic rings. The molecule has 2 N–H and O–H groups in total. The molecule has 0 bridgehead atoms. The van der Waals surface area contributed by atoms with E-state index in [2.05, 4.69) is 22.4 Å². The second-order valence-electron chi connectivity index (χ2n) is 6.52. The third-order valence-corrected chi connectivity index (χ3v) is 5.50. The maximum atomic E-state index is 9.98. The number of pyridine rings is 1. The highest BCUT2D eigenvalue weighted by molar-refractivity contribution is 7.98. The molecule has 7 heteroatoms. The van der Waals surface area contributed by atoms with Gasteiger partial charge in [-0.15, -0.1) is 11.8 Å². The lowest BCUT2D eigenvalue weighted by Crippen LogP contribution is -2.07. The molecule has 0 atom stereocenters. The molecule has 1 heterocycles. The van der Waals surface area contributed by atoms with Gasteiger partial charge in [0.25, 0.3) is 0 Å². The van der Waals surface area contributed by atoms with Gasteiger partial charge >= 0.3 is 0 Å². The Kier molecular flexibility index (Phi) is 7.89. The van der Waals surface area contributed by atoms with E-state index in [9.17, 15) is 10.5 Å². The van der Waals surface area contributed by atoms with Gasteiger partial charge in [0.1, 0.15) is 40.9 Å². The molecule has 0 spiro atoms. The van der Waals surface area contributed by atoms with Crippen LogP contribution in [0, 0.1) is 22.7 Å². The third-order valence-electron chi connectivity index (χ3n) is 4.45. The summed E-state index contributed by atoms with van der Waals surface area (Å²) in [5.41, 5.74) is 3.13. The topological polar surface area (TPSA) is 102 Å². The van der Waals surface area contributed by atoms with Crippen molar-refractivity contribution in [2.75, 3.05) is 25.1 Å². The van der Waals surface area contributed by atoms with E-state index in [0.717, 1.165) is 11.1 Å². The standard InChI is InChI=1S/C24H22N4O2S/c1-2-27-23-20(14-25)22(18-8-10-19(11-9-18)30-13-12-29)21(15-26)24(28-23)31-16-17-6-4-3-5-7-17/h3-11,29H,2,12-13,16H2,1H3,(H,27,28). The highest BCUT2D eigenvalue weighted by atomic mass is 32.2. The van der Waals surface area contributed by atoms with Crippen LogP contribution in [-0.2, 0) is 5.75 Å². The van der Waals surface area contributed by atoms with Gasteiger partial charge in [0, 0.05) is 17.9 Å². The summed E-state index contributed by atoms with van der Waals surface area (Å²) >= 11 is 1.47. The lowest BCUT2D eigenvalue weighted by molar-refractivity contribution is 0.201. The monoisotopic (exact) mass is 430 g/mol. The maximum absolute atomic E-state index is 9.98. The van der Waals surface area contributed by atoms with Crippen molar-refractivity contribution >= 4 is 17.6 Å². The van der Waals surface area contributed by atoms with Gasteiger partial charge in [-0.05, 0) is 30.2 Å². The van der Waals surface area contributed by atoms with Crippen molar-refractivity contribution < 1.29 is 9.84 Å². The van der Waals surface area contributed by atoms with E-state index >= 15 is 0 Å². The summed E-state index contributed by atoms with van der Waals surface area (Å²) < 4.78 is 5.42. The van der Waals surface area contributed by atoms with E-state index < -0.39 is 0 Å². The molecule has 0 aliphatic carbocycles. The van der Waals surface area contributed by atoms with E-state index in [-0.39, 0.29) is 13.2 Å². The molecule has 31 heavy (non-hydrogen) atoms. The molecule has 1 aromatic heterocycles. The Balaban J connectivity index is 2.08. The molecule has 3 aromatic rings. The summed E-state index contributed by atoms with van der Waals surface area (Å²) in [5.74, 6) is 1.73. The maximum Gasteiger partial charge on any atom is 0.146 e. The van der Waals surface area contributed by atoms with Crippen LogP contribution < -0.4 is 10.1 Å². The minimum atomic E-state index is -0.0721. The fourth-order valence-corrected chi connectivity index (χ4v) is 4.02. The largest absolute Gasteiger partial charge is 0.491 e. The zero-order valence-corrected chi connectivity index (χ0v) is 17.9. The zero-order chi connectivity index (χ0) is 22.1. The number of anilines is 1. The van der Waals surface area contributed by atoms with E-state index in [1.54, 1.807) is 12.1 Å². The van der Waals surface area contributed by atoms with Crippen molar-refractivity contribution in [2.24, 2.45) is 0 Å². The minimum absolute atomic E-state index is 0.0721. The predicted octanol–water partition coefficient (Wildman–Crippen LogP) is 4.59. The first kappa shape index (κ1) is 22.2. The Morgan fingerprint density at radius 1 is 1.03 bits per heavy atom. The summed E-state index contributed by atoms with van der Waals surface area (Å²) in [5, 5.41) is 32.5. The summed E-state index contributed by atoms with van der Waals surface area (Å²) in [6.07, 6.45) is 0. The van der Waals surface area contributed by atoms with Crippen LogP contribution in [0.3, 0.4) is 0 Å². The molecule has 3 rings (SSSR count). The van der Waals surface area contributed by atoms with Gasteiger partial charge in [0.15, 0.2) is 0 Å². The number of nitrogens with zero attached hydrogens (tertiary/aromatic N) is 3. The quantitative estimate of drug-likeness (QED) is 0.479. The molecule has 2 aromatic carbocycles. The molecule has 0 radical (unpaired) electrons. The van der Waals surface area contributed by atoms with E-state index in [0.29, 0.717) is 45.6 Å². The van der Waals surface area contributed by atoms with Gasteiger partial charge < -0.3 is 15.2 Å². The van der Waals surface area contributed by atoms with Crippen molar-refractivity contribution in [1.82, 2.24) is 4.98 Å². The lowest BCUT2D eigenvalue weighted by atomic mass is 9.96. The van der Waals surface area contributed by atoms with Crippen molar-refractivity contribution in [3.8, 4) is 29.0 Å². The number of nitrogens with one attached hydrogen (secondary N) is 1. The second-order valence-corrected chi connectivity index (χ2v) is 7.48. The molecule has 0 amide bonds. The smallest absolute Gasteiger partial charge is 0.146 e. The number of hydrogen-bond donors (Lipinski definition) is 2. The first-order valence-corrected chi connectivity index (χ1v) is 10.8. The van der Waals surface area contributed by atoms with Gasteiger partial charge in [0.05, 0.1) is 12.2 Å². The van der Waals surface area contributed by atoms with Crippen LogP contribution in [0.2, 0.25) is 0 Å². The van der Waals surface area contributed by atoms with Gasteiger partial charge in [-0.3, -0.25) is 0 Å². The third kappa shape index (κ3) is 5.35. The molecule has 0 fully saturated rings. The van der Waals surface area contributed by atoms with Gasteiger partial charge in [-0.25, -0.2) is 4.98 Å². The van der Waals surface area contributed by atoms with Gasteiger partial charge in [-0.1, -0.05) is 42.5 Å². The van der Waals surface area contributed by atoms with Crippen molar-refractivity contribution in [1.29, 1.82) is 10.5 Å². The lowest BCUT2D eigenvalue weighted by Gasteiger charge is -2.16. The molecule has 0 unspecified atom stereocenters. The Morgan fingerprint density at radius 2 is 1.74 bits per heavy atom. The molecular formula is C24H22N4O2S. The van der Waals surface area contributed by atoms with E-state index in [1.807, 2.05) is 49.4 Å². The number of rotatable bonds is 9. The van der Waals surface area contributed by atoms with E-state index in [4.69, 9.17) is 9.84 Å².